The van der Waals surface area contributed by atoms with Crippen LogP contribution in [-0.4, -0.2) is 23.2 Å². The Morgan fingerprint density at radius 1 is 1.55 bits per heavy atom. The lowest BCUT2D eigenvalue weighted by Gasteiger charge is -2.19. The number of pyridine rings is 1. The van der Waals surface area contributed by atoms with Gasteiger partial charge in [-0.25, -0.2) is 9.78 Å². The molecule has 0 aliphatic carbocycles. The van der Waals surface area contributed by atoms with Crippen LogP contribution >= 0.6 is 27.5 Å². The average Bonchev–Trinajstić information content (AvgIpc) is 2.30. The Kier molecular flexibility index (Phi) is 6.31. The fraction of sp³-hybridized carbons (Fsp3) is 0.429. The molecule has 0 atom stereocenters. The number of carbonyl (C=O) groups excluding carboxylic acids is 1. The lowest BCUT2D eigenvalue weighted by molar-refractivity contribution is 0.0529. The number of alkyl carbamates (subject to hydrolysis) is 1. The standard InChI is InChI=1S/C14H16BrClN2O2/c1-14(2,3)20-13(19)17-7-5-4-6-10-8-12(16)18-9-11(10)15/h8-9H,5,7H2,1-3H3,(H,17,19). The smallest absolute Gasteiger partial charge is 0.407 e. The highest BCUT2D eigenvalue weighted by atomic mass is 79.9. The van der Waals surface area contributed by atoms with E-state index in [4.69, 9.17) is 16.3 Å². The van der Waals surface area contributed by atoms with Crippen molar-refractivity contribution < 1.29 is 9.53 Å². The maximum Gasteiger partial charge on any atom is 0.407 e. The molecule has 6 heteroatoms. The second-order valence-electron chi connectivity index (χ2n) is 4.97. The lowest BCUT2D eigenvalue weighted by Crippen LogP contribution is -2.32. The zero-order valence-electron chi connectivity index (χ0n) is 11.6. The summed E-state index contributed by atoms with van der Waals surface area (Å²) in [6.45, 7) is 5.88. The summed E-state index contributed by atoms with van der Waals surface area (Å²) in [7, 11) is 0. The number of hydrogen-bond acceptors (Lipinski definition) is 3. The summed E-state index contributed by atoms with van der Waals surface area (Å²) >= 11 is 9.13. The molecule has 0 saturated carbocycles. The summed E-state index contributed by atoms with van der Waals surface area (Å²) in [6.07, 6.45) is 1.68. The van der Waals surface area contributed by atoms with E-state index in [0.29, 0.717) is 18.1 Å². The minimum absolute atomic E-state index is 0.393. The van der Waals surface area contributed by atoms with E-state index in [2.05, 4.69) is 38.1 Å². The van der Waals surface area contributed by atoms with Crippen LogP contribution in [-0.2, 0) is 4.74 Å². The summed E-state index contributed by atoms with van der Waals surface area (Å²) < 4.78 is 5.89. The number of carbonyl (C=O) groups is 1. The molecule has 0 spiro atoms. The van der Waals surface area contributed by atoms with Crippen molar-refractivity contribution in [3.05, 3.63) is 27.5 Å². The lowest BCUT2D eigenvalue weighted by atomic mass is 10.2. The van der Waals surface area contributed by atoms with Gasteiger partial charge in [0, 0.05) is 24.7 Å². The van der Waals surface area contributed by atoms with Gasteiger partial charge in [0.25, 0.3) is 0 Å². The number of hydrogen-bond donors (Lipinski definition) is 1. The van der Waals surface area contributed by atoms with Gasteiger partial charge in [-0.2, -0.15) is 0 Å². The Bertz CT molecular complexity index is 544. The second kappa shape index (κ2) is 7.51. The number of nitrogens with zero attached hydrogens (tertiary/aromatic N) is 1. The molecule has 20 heavy (non-hydrogen) atoms. The van der Waals surface area contributed by atoms with Crippen LogP contribution in [0.4, 0.5) is 4.79 Å². The molecule has 0 bridgehead atoms. The summed E-state index contributed by atoms with van der Waals surface area (Å²) in [4.78, 5) is 15.3. The molecular formula is C14H16BrClN2O2. The summed E-state index contributed by atoms with van der Waals surface area (Å²) in [5.41, 5.74) is 0.274. The second-order valence-corrected chi connectivity index (χ2v) is 6.21. The molecule has 108 valence electrons. The van der Waals surface area contributed by atoms with E-state index in [9.17, 15) is 4.79 Å². The Morgan fingerprint density at radius 3 is 2.90 bits per heavy atom. The number of rotatable bonds is 2. The van der Waals surface area contributed by atoms with Crippen LogP contribution in [0, 0.1) is 11.8 Å². The molecule has 4 nitrogen and oxygen atoms in total. The van der Waals surface area contributed by atoms with E-state index >= 15 is 0 Å². The van der Waals surface area contributed by atoms with Gasteiger partial charge in [0.1, 0.15) is 10.8 Å². The van der Waals surface area contributed by atoms with E-state index in [1.54, 1.807) is 12.3 Å². The van der Waals surface area contributed by atoms with E-state index < -0.39 is 11.7 Å². The van der Waals surface area contributed by atoms with Gasteiger partial charge in [-0.05, 0) is 42.8 Å². The largest absolute Gasteiger partial charge is 0.444 e. The van der Waals surface area contributed by atoms with Gasteiger partial charge >= 0.3 is 6.09 Å². The average molecular weight is 360 g/mol. The molecule has 1 heterocycles. The number of nitrogens with one attached hydrogen (secondary N) is 1. The molecule has 0 aliphatic heterocycles. The third kappa shape index (κ3) is 6.78. The predicted molar refractivity (Wildman–Crippen MR) is 82.7 cm³/mol. The van der Waals surface area contributed by atoms with Crippen molar-refractivity contribution in [2.45, 2.75) is 32.8 Å². The molecule has 1 N–H and O–H groups in total. The third-order valence-corrected chi connectivity index (χ3v) is 2.80. The van der Waals surface area contributed by atoms with Gasteiger partial charge in [0.2, 0.25) is 0 Å². The molecule has 0 fully saturated rings. The fourth-order valence-electron chi connectivity index (χ4n) is 1.21. The Morgan fingerprint density at radius 2 is 2.25 bits per heavy atom. The van der Waals surface area contributed by atoms with Crippen LogP contribution in [0.2, 0.25) is 5.15 Å². The van der Waals surface area contributed by atoms with Gasteiger partial charge in [-0.3, -0.25) is 0 Å². The number of amides is 1. The topological polar surface area (TPSA) is 51.2 Å². The maximum atomic E-state index is 11.4. The van der Waals surface area contributed by atoms with Crippen molar-refractivity contribution in [1.82, 2.24) is 10.3 Å². The SMILES string of the molecule is CC(C)(C)OC(=O)NCCC#Cc1cc(Cl)ncc1Br. The zero-order valence-corrected chi connectivity index (χ0v) is 13.9. The molecule has 0 unspecified atom stereocenters. The number of aromatic nitrogens is 1. The van der Waals surface area contributed by atoms with E-state index in [-0.39, 0.29) is 0 Å². The van der Waals surface area contributed by atoms with E-state index in [1.807, 2.05) is 20.8 Å². The molecule has 0 radical (unpaired) electrons. The third-order valence-electron chi connectivity index (χ3n) is 1.96. The Hall–Kier alpha value is -1.25. The molecule has 0 saturated heterocycles. The van der Waals surface area contributed by atoms with Gasteiger partial charge in [0.15, 0.2) is 0 Å². The number of ether oxygens (including phenoxy) is 1. The highest BCUT2D eigenvalue weighted by molar-refractivity contribution is 9.10. The zero-order chi connectivity index (χ0) is 15.2. The normalized spacial score (nSPS) is 10.4. The minimum atomic E-state index is -0.492. The molecular weight excluding hydrogens is 344 g/mol. The first-order valence-corrected chi connectivity index (χ1v) is 7.22. The Labute approximate surface area is 132 Å². The van der Waals surface area contributed by atoms with Crippen molar-refractivity contribution >= 4 is 33.6 Å². The van der Waals surface area contributed by atoms with Crippen LogP contribution in [0.15, 0.2) is 16.7 Å². The van der Waals surface area contributed by atoms with Gasteiger partial charge in [-0.15, -0.1) is 0 Å². The molecule has 1 amide bonds. The van der Waals surface area contributed by atoms with Crippen molar-refractivity contribution in [3.63, 3.8) is 0 Å². The van der Waals surface area contributed by atoms with Gasteiger partial charge in [-0.1, -0.05) is 23.4 Å². The summed E-state index contributed by atoms with van der Waals surface area (Å²) in [6, 6.07) is 1.68. The summed E-state index contributed by atoms with van der Waals surface area (Å²) in [5, 5.41) is 3.03. The van der Waals surface area contributed by atoms with Crippen LogP contribution in [0.25, 0.3) is 0 Å². The predicted octanol–water partition coefficient (Wildman–Crippen LogP) is 3.76. The first kappa shape index (κ1) is 16.8. The van der Waals surface area contributed by atoms with Crippen molar-refractivity contribution in [3.8, 4) is 11.8 Å². The van der Waals surface area contributed by atoms with Crippen LogP contribution < -0.4 is 5.32 Å². The van der Waals surface area contributed by atoms with Crippen molar-refractivity contribution in [1.29, 1.82) is 0 Å². The molecule has 0 aromatic carbocycles. The van der Waals surface area contributed by atoms with Crippen LogP contribution in [0.5, 0.6) is 0 Å². The van der Waals surface area contributed by atoms with Crippen LogP contribution in [0.3, 0.4) is 0 Å². The quantitative estimate of drug-likeness (QED) is 0.497. The van der Waals surface area contributed by atoms with Crippen molar-refractivity contribution in [2.24, 2.45) is 0 Å². The highest BCUT2D eigenvalue weighted by Crippen LogP contribution is 2.17. The first-order chi connectivity index (χ1) is 9.28. The van der Waals surface area contributed by atoms with E-state index in [0.717, 1.165) is 10.0 Å². The van der Waals surface area contributed by atoms with Gasteiger partial charge < -0.3 is 10.1 Å². The molecule has 1 aromatic rings. The molecule has 1 rings (SSSR count). The first-order valence-electron chi connectivity index (χ1n) is 6.05. The maximum absolute atomic E-state index is 11.4. The van der Waals surface area contributed by atoms with Crippen molar-refractivity contribution in [2.75, 3.05) is 6.54 Å². The minimum Gasteiger partial charge on any atom is -0.444 e. The van der Waals surface area contributed by atoms with E-state index in [1.165, 1.54) is 0 Å². The fourth-order valence-corrected chi connectivity index (χ4v) is 1.68. The molecule has 0 aliphatic rings. The Balaban J connectivity index is 2.40. The molecule has 1 aromatic heterocycles. The van der Waals surface area contributed by atoms with Crippen LogP contribution in [0.1, 0.15) is 32.8 Å². The monoisotopic (exact) mass is 358 g/mol. The summed E-state index contributed by atoms with van der Waals surface area (Å²) in [5.74, 6) is 5.91. The van der Waals surface area contributed by atoms with Gasteiger partial charge in [0.05, 0.1) is 4.47 Å². The number of halogens is 2. The highest BCUT2D eigenvalue weighted by Gasteiger charge is 2.15.